The molecule has 0 spiro atoms. The van der Waals surface area contributed by atoms with Gasteiger partial charge in [-0.25, -0.2) is 4.98 Å². The topological polar surface area (TPSA) is 88.2 Å². The van der Waals surface area contributed by atoms with Crippen LogP contribution in [-0.2, 0) is 11.2 Å². The minimum Gasteiger partial charge on any atom is -0.459 e. The summed E-state index contributed by atoms with van der Waals surface area (Å²) in [6.07, 6.45) is 3.62. The van der Waals surface area contributed by atoms with E-state index in [4.69, 9.17) is 9.40 Å². The monoisotopic (exact) mass is 505 g/mol. The number of aliphatic hydroxyl groups is 1. The molecule has 0 bridgehead atoms. The third-order valence-corrected chi connectivity index (χ3v) is 6.93. The molecule has 1 amide bonds. The number of amides is 1. The van der Waals surface area contributed by atoms with Crippen LogP contribution in [0.15, 0.2) is 89.6 Å². The second-order valence-corrected chi connectivity index (χ2v) is 9.75. The lowest BCUT2D eigenvalue weighted by Crippen LogP contribution is -2.31. The van der Waals surface area contributed by atoms with Crippen LogP contribution in [0.1, 0.15) is 56.8 Å². The van der Waals surface area contributed by atoms with Gasteiger partial charge in [-0.15, -0.1) is 0 Å². The largest absolute Gasteiger partial charge is 0.459 e. The molecule has 5 aromatic rings. The number of carbonyl (C=O) groups is 1. The lowest BCUT2D eigenvalue weighted by Gasteiger charge is -2.22. The van der Waals surface area contributed by atoms with E-state index >= 15 is 0 Å². The fourth-order valence-corrected chi connectivity index (χ4v) is 4.98. The summed E-state index contributed by atoms with van der Waals surface area (Å²) >= 11 is 0. The lowest BCUT2D eigenvalue weighted by molar-refractivity contribution is -0.121. The van der Waals surface area contributed by atoms with Crippen LogP contribution in [0.2, 0.25) is 0 Å². The SMILES string of the molecule is Cc1ccc(C(NC(=O)Cc2ccc3oc(C(CO)c4ccncc4C)cc3n2)c2ccccc2)c(C)c1. The van der Waals surface area contributed by atoms with E-state index < -0.39 is 0 Å². The molecule has 0 radical (unpaired) electrons. The molecule has 0 fully saturated rings. The fourth-order valence-electron chi connectivity index (χ4n) is 4.98. The van der Waals surface area contributed by atoms with Gasteiger partial charge in [0.2, 0.25) is 5.91 Å². The average Bonchev–Trinajstić information content (AvgIpc) is 3.33. The Hall–Kier alpha value is -4.29. The summed E-state index contributed by atoms with van der Waals surface area (Å²) in [7, 11) is 0. The maximum Gasteiger partial charge on any atom is 0.226 e. The predicted octanol–water partition coefficient (Wildman–Crippen LogP) is 5.72. The number of nitrogens with zero attached hydrogens (tertiary/aromatic N) is 2. The minimum atomic E-state index is -0.316. The van der Waals surface area contributed by atoms with Crippen LogP contribution in [-0.4, -0.2) is 27.6 Å². The van der Waals surface area contributed by atoms with E-state index in [1.165, 1.54) is 5.56 Å². The molecule has 0 saturated heterocycles. The van der Waals surface area contributed by atoms with Gasteiger partial charge in [0, 0.05) is 18.5 Å². The van der Waals surface area contributed by atoms with Crippen LogP contribution in [0.4, 0.5) is 0 Å². The lowest BCUT2D eigenvalue weighted by atomic mass is 9.93. The van der Waals surface area contributed by atoms with Crippen LogP contribution in [0, 0.1) is 20.8 Å². The molecule has 0 aliphatic carbocycles. The number of rotatable bonds is 8. The van der Waals surface area contributed by atoms with Crippen molar-refractivity contribution >= 4 is 17.0 Å². The number of pyridine rings is 2. The fraction of sp³-hybridized carbons (Fsp3) is 0.219. The number of benzene rings is 2. The first-order valence-corrected chi connectivity index (χ1v) is 12.7. The third kappa shape index (κ3) is 5.36. The van der Waals surface area contributed by atoms with Gasteiger partial charge in [-0.3, -0.25) is 9.78 Å². The molecular weight excluding hydrogens is 474 g/mol. The highest BCUT2D eigenvalue weighted by molar-refractivity contribution is 5.81. The number of nitrogens with one attached hydrogen (secondary N) is 1. The van der Waals surface area contributed by atoms with Crippen LogP contribution in [0.5, 0.6) is 0 Å². The van der Waals surface area contributed by atoms with Crippen molar-refractivity contribution in [1.82, 2.24) is 15.3 Å². The van der Waals surface area contributed by atoms with Crippen molar-refractivity contribution in [2.24, 2.45) is 0 Å². The summed E-state index contributed by atoms with van der Waals surface area (Å²) in [5, 5.41) is 13.3. The number of hydrogen-bond donors (Lipinski definition) is 2. The van der Waals surface area contributed by atoms with Crippen LogP contribution < -0.4 is 5.32 Å². The first-order valence-electron chi connectivity index (χ1n) is 12.7. The Labute approximate surface area is 222 Å². The summed E-state index contributed by atoms with van der Waals surface area (Å²) in [5.41, 5.74) is 8.27. The number of hydrogen-bond acceptors (Lipinski definition) is 5. The molecule has 3 heterocycles. The molecule has 2 atom stereocenters. The van der Waals surface area contributed by atoms with Gasteiger partial charge in [0.25, 0.3) is 0 Å². The second-order valence-electron chi connectivity index (χ2n) is 9.75. The Morgan fingerprint density at radius 3 is 2.50 bits per heavy atom. The number of carbonyl (C=O) groups excluding carboxylic acids is 1. The molecule has 0 aliphatic heterocycles. The number of fused-ring (bicyclic) bond motifs is 1. The Balaban J connectivity index is 1.38. The molecule has 2 unspecified atom stereocenters. The number of furan rings is 1. The van der Waals surface area contributed by atoms with Crippen molar-refractivity contribution < 1.29 is 14.3 Å². The first kappa shape index (κ1) is 25.4. The van der Waals surface area contributed by atoms with Gasteiger partial charge in [0.05, 0.1) is 30.7 Å². The molecule has 192 valence electrons. The van der Waals surface area contributed by atoms with E-state index in [0.29, 0.717) is 22.6 Å². The van der Waals surface area contributed by atoms with Crippen LogP contribution in [0.25, 0.3) is 11.1 Å². The van der Waals surface area contributed by atoms with Gasteiger partial charge in [0.15, 0.2) is 5.58 Å². The highest BCUT2D eigenvalue weighted by Gasteiger charge is 2.22. The van der Waals surface area contributed by atoms with Gasteiger partial charge in [0.1, 0.15) is 11.3 Å². The summed E-state index contributed by atoms with van der Waals surface area (Å²) in [6, 6.07) is 23.4. The van der Waals surface area contributed by atoms with E-state index in [0.717, 1.165) is 27.8 Å². The predicted molar refractivity (Wildman–Crippen MR) is 148 cm³/mol. The van der Waals surface area contributed by atoms with E-state index in [-0.39, 0.29) is 30.9 Å². The van der Waals surface area contributed by atoms with Crippen LogP contribution in [0.3, 0.4) is 0 Å². The van der Waals surface area contributed by atoms with E-state index in [1.807, 2.05) is 61.5 Å². The minimum absolute atomic E-state index is 0.0980. The quantitative estimate of drug-likeness (QED) is 0.282. The van der Waals surface area contributed by atoms with Gasteiger partial charge in [-0.2, -0.15) is 0 Å². The van der Waals surface area contributed by atoms with Gasteiger partial charge >= 0.3 is 0 Å². The van der Waals surface area contributed by atoms with E-state index in [9.17, 15) is 9.90 Å². The number of aliphatic hydroxyl groups excluding tert-OH is 1. The molecule has 5 rings (SSSR count). The van der Waals surface area contributed by atoms with Crippen molar-refractivity contribution in [3.63, 3.8) is 0 Å². The van der Waals surface area contributed by atoms with Gasteiger partial charge in [-0.05, 0) is 66.8 Å². The third-order valence-electron chi connectivity index (χ3n) is 6.93. The average molecular weight is 506 g/mol. The Morgan fingerprint density at radius 2 is 1.76 bits per heavy atom. The van der Waals surface area contributed by atoms with Gasteiger partial charge < -0.3 is 14.8 Å². The maximum atomic E-state index is 13.3. The number of aromatic nitrogens is 2. The summed E-state index contributed by atoms with van der Waals surface area (Å²) in [6.45, 7) is 6.00. The highest BCUT2D eigenvalue weighted by Crippen LogP contribution is 2.31. The molecule has 2 N–H and O–H groups in total. The van der Waals surface area contributed by atoms with Crippen molar-refractivity contribution in [3.8, 4) is 0 Å². The van der Waals surface area contributed by atoms with Crippen molar-refractivity contribution in [2.45, 2.75) is 39.2 Å². The summed E-state index contributed by atoms with van der Waals surface area (Å²) in [4.78, 5) is 22.1. The molecular formula is C32H31N3O3. The van der Waals surface area contributed by atoms with Gasteiger partial charge in [-0.1, -0.05) is 54.1 Å². The highest BCUT2D eigenvalue weighted by atomic mass is 16.3. The molecule has 6 heteroatoms. The van der Waals surface area contributed by atoms with E-state index in [1.54, 1.807) is 12.4 Å². The Kier molecular flexibility index (Phi) is 7.33. The smallest absolute Gasteiger partial charge is 0.226 e. The standard InChI is InChI=1S/C32H31N3O3/c1-20-9-11-26(21(2)15-20)32(23-7-5-4-6-8-23)35-31(37)16-24-10-12-29-28(34-24)17-30(38-29)27(19-36)25-13-14-33-18-22(25)3/h4-15,17-18,27,32,36H,16,19H2,1-3H3,(H,35,37). The zero-order valence-electron chi connectivity index (χ0n) is 21.8. The molecule has 2 aromatic carbocycles. The summed E-state index contributed by atoms with van der Waals surface area (Å²) in [5.74, 6) is 0.197. The zero-order chi connectivity index (χ0) is 26.6. The normalized spacial score (nSPS) is 12.8. The first-order chi connectivity index (χ1) is 18.4. The van der Waals surface area contributed by atoms with Crippen molar-refractivity contribution in [1.29, 1.82) is 0 Å². The second kappa shape index (κ2) is 11.0. The molecule has 38 heavy (non-hydrogen) atoms. The Morgan fingerprint density at radius 1 is 0.947 bits per heavy atom. The van der Waals surface area contributed by atoms with Crippen LogP contribution >= 0.6 is 0 Å². The zero-order valence-corrected chi connectivity index (χ0v) is 21.8. The molecule has 0 aliphatic rings. The number of aryl methyl sites for hydroxylation is 3. The molecule has 0 saturated carbocycles. The van der Waals surface area contributed by atoms with Crippen molar-refractivity contribution in [2.75, 3.05) is 6.61 Å². The maximum absolute atomic E-state index is 13.3. The molecule has 6 nitrogen and oxygen atoms in total. The summed E-state index contributed by atoms with van der Waals surface area (Å²) < 4.78 is 6.05. The van der Waals surface area contributed by atoms with Crippen molar-refractivity contribution in [3.05, 3.63) is 130 Å². The molecule has 3 aromatic heterocycles. The Bertz CT molecular complexity index is 1580. The van der Waals surface area contributed by atoms with E-state index in [2.05, 4.69) is 42.3 Å².